The van der Waals surface area contributed by atoms with E-state index >= 15 is 0 Å². The standard InChI is InChI=1S/C13H9Cl2NO3/c14-9-6-10(15)13(16-7-9)19-11-4-2-1-3-8(11)5-12(17)18/h1-4,6-7H,5H2,(H,17,18). The van der Waals surface area contributed by atoms with Gasteiger partial charge < -0.3 is 9.84 Å². The molecule has 0 aliphatic heterocycles. The van der Waals surface area contributed by atoms with Gasteiger partial charge in [0.2, 0.25) is 5.88 Å². The molecule has 1 aromatic carbocycles. The van der Waals surface area contributed by atoms with Crippen molar-refractivity contribution in [3.8, 4) is 11.6 Å². The van der Waals surface area contributed by atoms with Crippen molar-refractivity contribution in [2.24, 2.45) is 0 Å². The molecule has 0 atom stereocenters. The van der Waals surface area contributed by atoms with Crippen molar-refractivity contribution in [3.05, 3.63) is 52.1 Å². The zero-order valence-corrected chi connectivity index (χ0v) is 11.1. The van der Waals surface area contributed by atoms with Gasteiger partial charge >= 0.3 is 5.97 Å². The molecule has 0 amide bonds. The van der Waals surface area contributed by atoms with Crippen molar-refractivity contribution >= 4 is 29.2 Å². The molecule has 0 radical (unpaired) electrons. The van der Waals surface area contributed by atoms with E-state index in [-0.39, 0.29) is 17.3 Å². The molecule has 0 aliphatic rings. The Bertz CT molecular complexity index is 617. The van der Waals surface area contributed by atoms with Gasteiger partial charge in [-0.1, -0.05) is 41.4 Å². The molecule has 6 heteroatoms. The maximum absolute atomic E-state index is 10.8. The first-order valence-corrected chi connectivity index (χ1v) is 6.10. The minimum absolute atomic E-state index is 0.138. The normalized spacial score (nSPS) is 10.2. The van der Waals surface area contributed by atoms with E-state index in [0.29, 0.717) is 16.3 Å². The average Bonchev–Trinajstić information content (AvgIpc) is 2.34. The Kier molecular flexibility index (Phi) is 4.24. The largest absolute Gasteiger partial charge is 0.481 e. The number of halogens is 2. The average molecular weight is 298 g/mol. The molecule has 0 fully saturated rings. The van der Waals surface area contributed by atoms with E-state index in [1.807, 2.05) is 0 Å². The van der Waals surface area contributed by atoms with Crippen LogP contribution in [0.4, 0.5) is 0 Å². The molecule has 98 valence electrons. The minimum Gasteiger partial charge on any atom is -0.481 e. The smallest absolute Gasteiger partial charge is 0.307 e. The van der Waals surface area contributed by atoms with Crippen molar-refractivity contribution in [3.63, 3.8) is 0 Å². The van der Waals surface area contributed by atoms with Crippen molar-refractivity contribution in [1.82, 2.24) is 4.98 Å². The van der Waals surface area contributed by atoms with Crippen LogP contribution >= 0.6 is 23.2 Å². The van der Waals surface area contributed by atoms with Crippen LogP contribution in [0.2, 0.25) is 10.0 Å². The lowest BCUT2D eigenvalue weighted by Gasteiger charge is -2.10. The summed E-state index contributed by atoms with van der Waals surface area (Å²) in [6.45, 7) is 0. The molecule has 1 aromatic heterocycles. The molecular formula is C13H9Cl2NO3. The van der Waals surface area contributed by atoms with Gasteiger partial charge in [-0.2, -0.15) is 0 Å². The second kappa shape index (κ2) is 5.91. The highest BCUT2D eigenvalue weighted by Gasteiger charge is 2.11. The zero-order chi connectivity index (χ0) is 13.8. The van der Waals surface area contributed by atoms with Crippen molar-refractivity contribution in [2.45, 2.75) is 6.42 Å². The number of pyridine rings is 1. The fourth-order valence-corrected chi connectivity index (χ4v) is 1.91. The minimum atomic E-state index is -0.939. The Hall–Kier alpha value is -1.78. The molecule has 19 heavy (non-hydrogen) atoms. The highest BCUT2D eigenvalue weighted by Crippen LogP contribution is 2.30. The second-order valence-corrected chi connectivity index (χ2v) is 4.56. The van der Waals surface area contributed by atoms with Crippen LogP contribution < -0.4 is 4.74 Å². The molecule has 2 aromatic rings. The summed E-state index contributed by atoms with van der Waals surface area (Å²) in [5.41, 5.74) is 0.544. The molecular weight excluding hydrogens is 289 g/mol. The number of aliphatic carboxylic acids is 1. The lowest BCUT2D eigenvalue weighted by atomic mass is 10.1. The number of benzene rings is 1. The highest BCUT2D eigenvalue weighted by atomic mass is 35.5. The van der Waals surface area contributed by atoms with Crippen LogP contribution in [0.1, 0.15) is 5.56 Å². The van der Waals surface area contributed by atoms with Crippen LogP contribution in [0, 0.1) is 0 Å². The monoisotopic (exact) mass is 297 g/mol. The first kappa shape index (κ1) is 13.6. The lowest BCUT2D eigenvalue weighted by Crippen LogP contribution is -2.02. The predicted octanol–water partition coefficient (Wildman–Crippen LogP) is 3.81. The Labute approximate surface area is 119 Å². The lowest BCUT2D eigenvalue weighted by molar-refractivity contribution is -0.136. The van der Waals surface area contributed by atoms with Crippen molar-refractivity contribution < 1.29 is 14.6 Å². The predicted molar refractivity (Wildman–Crippen MR) is 72.1 cm³/mol. The molecule has 1 heterocycles. The Morgan fingerprint density at radius 1 is 1.32 bits per heavy atom. The van der Waals surface area contributed by atoms with Crippen LogP contribution in [0.15, 0.2) is 36.5 Å². The van der Waals surface area contributed by atoms with E-state index in [4.69, 9.17) is 33.0 Å². The topological polar surface area (TPSA) is 59.4 Å². The van der Waals surface area contributed by atoms with Crippen molar-refractivity contribution in [2.75, 3.05) is 0 Å². The maximum Gasteiger partial charge on any atom is 0.307 e. The third-order valence-corrected chi connectivity index (χ3v) is 2.77. The summed E-state index contributed by atoms with van der Waals surface area (Å²) in [4.78, 5) is 14.7. The molecule has 4 nitrogen and oxygen atoms in total. The summed E-state index contributed by atoms with van der Waals surface area (Å²) in [7, 11) is 0. The molecule has 0 aliphatic carbocycles. The Morgan fingerprint density at radius 2 is 2.05 bits per heavy atom. The van der Waals surface area contributed by atoms with Gasteiger partial charge in [0, 0.05) is 11.8 Å². The van der Waals surface area contributed by atoms with Gasteiger partial charge in [0.05, 0.1) is 11.4 Å². The van der Waals surface area contributed by atoms with Crippen LogP contribution in [0.25, 0.3) is 0 Å². The number of nitrogens with zero attached hydrogens (tertiary/aromatic N) is 1. The molecule has 0 bridgehead atoms. The number of para-hydroxylation sites is 1. The SMILES string of the molecule is O=C(O)Cc1ccccc1Oc1ncc(Cl)cc1Cl. The number of aromatic nitrogens is 1. The number of carboxylic acid groups (broad SMARTS) is 1. The van der Waals surface area contributed by atoms with Crippen LogP contribution in [-0.2, 0) is 11.2 Å². The number of hydrogen-bond donors (Lipinski definition) is 1. The van der Waals surface area contributed by atoms with Crippen molar-refractivity contribution in [1.29, 1.82) is 0 Å². The second-order valence-electron chi connectivity index (χ2n) is 3.72. The molecule has 0 saturated carbocycles. The van der Waals surface area contributed by atoms with E-state index in [1.165, 1.54) is 12.3 Å². The summed E-state index contributed by atoms with van der Waals surface area (Å²) in [6, 6.07) is 8.32. The number of carbonyl (C=O) groups is 1. The fraction of sp³-hybridized carbons (Fsp3) is 0.0769. The summed E-state index contributed by atoms with van der Waals surface area (Å²) >= 11 is 11.7. The van der Waals surface area contributed by atoms with Crippen LogP contribution in [0.3, 0.4) is 0 Å². The van der Waals surface area contributed by atoms with Gasteiger partial charge in [0.1, 0.15) is 10.8 Å². The number of carboxylic acids is 1. The molecule has 2 rings (SSSR count). The van der Waals surface area contributed by atoms with Gasteiger partial charge in [0.25, 0.3) is 0 Å². The Morgan fingerprint density at radius 3 is 2.74 bits per heavy atom. The molecule has 0 spiro atoms. The third kappa shape index (κ3) is 3.59. The first-order chi connectivity index (χ1) is 9.06. The van der Waals surface area contributed by atoms with E-state index in [0.717, 1.165) is 0 Å². The summed E-state index contributed by atoms with van der Waals surface area (Å²) in [6.07, 6.45) is 1.27. The fourth-order valence-electron chi connectivity index (χ4n) is 1.49. The van der Waals surface area contributed by atoms with Gasteiger partial charge in [0.15, 0.2) is 0 Å². The Balaban J connectivity index is 2.30. The quantitative estimate of drug-likeness (QED) is 0.932. The number of ether oxygens (including phenoxy) is 1. The summed E-state index contributed by atoms with van der Waals surface area (Å²) in [5, 5.41) is 9.49. The van der Waals surface area contributed by atoms with Gasteiger partial charge in [-0.15, -0.1) is 0 Å². The third-order valence-electron chi connectivity index (χ3n) is 2.29. The zero-order valence-electron chi connectivity index (χ0n) is 9.64. The van der Waals surface area contributed by atoms with Gasteiger partial charge in [-0.25, -0.2) is 4.98 Å². The number of hydrogen-bond acceptors (Lipinski definition) is 3. The summed E-state index contributed by atoms with van der Waals surface area (Å²) < 4.78 is 5.53. The van der Waals surface area contributed by atoms with Crippen LogP contribution in [0.5, 0.6) is 11.6 Å². The number of rotatable bonds is 4. The highest BCUT2D eigenvalue weighted by molar-refractivity contribution is 6.35. The van der Waals surface area contributed by atoms with Gasteiger partial charge in [-0.05, 0) is 12.1 Å². The van der Waals surface area contributed by atoms with E-state index < -0.39 is 5.97 Å². The van der Waals surface area contributed by atoms with E-state index in [2.05, 4.69) is 4.98 Å². The van der Waals surface area contributed by atoms with E-state index in [9.17, 15) is 4.79 Å². The molecule has 0 unspecified atom stereocenters. The molecule has 1 N–H and O–H groups in total. The van der Waals surface area contributed by atoms with Gasteiger partial charge in [-0.3, -0.25) is 4.79 Å². The maximum atomic E-state index is 10.8. The van der Waals surface area contributed by atoms with Crippen LogP contribution in [-0.4, -0.2) is 16.1 Å². The van der Waals surface area contributed by atoms with E-state index in [1.54, 1.807) is 24.3 Å². The first-order valence-electron chi connectivity index (χ1n) is 5.35. The summed E-state index contributed by atoms with van der Waals surface area (Å²) in [5.74, 6) is -0.350. The molecule has 0 saturated heterocycles.